The summed E-state index contributed by atoms with van der Waals surface area (Å²) in [6.45, 7) is 7.31. The fourth-order valence-corrected chi connectivity index (χ4v) is 5.89. The minimum absolute atomic E-state index is 0.125. The molecule has 0 amide bonds. The Hall–Kier alpha value is -1.46. The van der Waals surface area contributed by atoms with Gasteiger partial charge in [0, 0.05) is 25.5 Å². The summed E-state index contributed by atoms with van der Waals surface area (Å²) < 4.78 is 5.99. The zero-order valence-corrected chi connectivity index (χ0v) is 19.7. The quantitative estimate of drug-likeness (QED) is 0.422. The molecule has 0 unspecified atom stereocenters. The summed E-state index contributed by atoms with van der Waals surface area (Å²) in [5, 5.41) is 21.1. The first kappa shape index (κ1) is 23.7. The van der Waals surface area contributed by atoms with Crippen molar-refractivity contribution in [3.05, 3.63) is 59.2 Å². The molecule has 2 aliphatic carbocycles. The molecule has 1 saturated heterocycles. The summed E-state index contributed by atoms with van der Waals surface area (Å²) in [7, 11) is 0. The predicted molar refractivity (Wildman–Crippen MR) is 130 cm³/mol. The van der Waals surface area contributed by atoms with Crippen LogP contribution in [0.3, 0.4) is 0 Å². The Balaban J connectivity index is 1.19. The molecule has 4 nitrogen and oxygen atoms in total. The number of piperidine rings is 1. The molecule has 5 atom stereocenters. The summed E-state index contributed by atoms with van der Waals surface area (Å²) in [5.41, 5.74) is 3.75. The number of benzene rings is 1. The highest BCUT2D eigenvalue weighted by molar-refractivity contribution is 5.24. The molecule has 0 spiro atoms. The van der Waals surface area contributed by atoms with Crippen molar-refractivity contribution in [1.82, 2.24) is 4.90 Å². The van der Waals surface area contributed by atoms with Crippen LogP contribution in [-0.4, -0.2) is 60.2 Å². The fraction of sp³-hybridized carbons (Fsp3) is 0.643. The SMILES string of the molecule is Cc1cccc(C[C@H](O)C=C[C@@H]2[C@H]3CC(COCCCN4CCCCC4)=C[C@H]3C[C@H]2O)c1. The van der Waals surface area contributed by atoms with Gasteiger partial charge in [-0.05, 0) is 75.1 Å². The third kappa shape index (κ3) is 6.54. The summed E-state index contributed by atoms with van der Waals surface area (Å²) in [6, 6.07) is 8.29. The van der Waals surface area contributed by atoms with Crippen molar-refractivity contribution in [3.63, 3.8) is 0 Å². The van der Waals surface area contributed by atoms with E-state index in [0.29, 0.717) is 18.3 Å². The second kappa shape index (κ2) is 11.6. The summed E-state index contributed by atoms with van der Waals surface area (Å²) >= 11 is 0. The zero-order valence-electron chi connectivity index (χ0n) is 19.7. The Kier molecular flexibility index (Phi) is 8.59. The molecular weight excluding hydrogens is 398 g/mol. The van der Waals surface area contributed by atoms with E-state index >= 15 is 0 Å². The van der Waals surface area contributed by atoms with Gasteiger partial charge in [0.2, 0.25) is 0 Å². The molecular formula is C28H41NO3. The lowest BCUT2D eigenvalue weighted by Gasteiger charge is -2.26. The maximum absolute atomic E-state index is 10.6. The van der Waals surface area contributed by atoms with E-state index in [1.165, 1.54) is 43.5 Å². The Morgan fingerprint density at radius 1 is 1.22 bits per heavy atom. The lowest BCUT2D eigenvalue weighted by molar-refractivity contribution is 0.126. The van der Waals surface area contributed by atoms with E-state index in [-0.39, 0.29) is 12.0 Å². The van der Waals surface area contributed by atoms with Gasteiger partial charge < -0.3 is 19.8 Å². The number of hydrogen-bond acceptors (Lipinski definition) is 4. The summed E-state index contributed by atoms with van der Waals surface area (Å²) in [4.78, 5) is 2.57. The highest BCUT2D eigenvalue weighted by atomic mass is 16.5. The number of ether oxygens (including phenoxy) is 1. The van der Waals surface area contributed by atoms with Crippen molar-refractivity contribution >= 4 is 0 Å². The first-order chi connectivity index (χ1) is 15.6. The number of nitrogens with zero attached hydrogens (tertiary/aromatic N) is 1. The van der Waals surface area contributed by atoms with Gasteiger partial charge in [-0.15, -0.1) is 0 Å². The monoisotopic (exact) mass is 439 g/mol. The molecule has 2 fully saturated rings. The number of aliphatic hydroxyl groups excluding tert-OH is 2. The maximum atomic E-state index is 10.6. The van der Waals surface area contributed by atoms with Gasteiger partial charge in [-0.2, -0.15) is 0 Å². The summed E-state index contributed by atoms with van der Waals surface area (Å²) in [6.07, 6.45) is 13.2. The number of hydrogen-bond donors (Lipinski definition) is 2. The second-order valence-corrected chi connectivity index (χ2v) is 10.2. The number of allylic oxidation sites excluding steroid dienone is 1. The highest BCUT2D eigenvalue weighted by Gasteiger charge is 2.43. The molecule has 1 saturated carbocycles. The number of fused-ring (bicyclic) bond motifs is 1. The molecule has 0 aromatic heterocycles. The van der Waals surface area contributed by atoms with E-state index in [4.69, 9.17) is 4.74 Å². The van der Waals surface area contributed by atoms with Crippen LogP contribution in [0.5, 0.6) is 0 Å². The third-order valence-electron chi connectivity index (χ3n) is 7.53. The minimum atomic E-state index is -0.514. The zero-order chi connectivity index (χ0) is 22.3. The van der Waals surface area contributed by atoms with Crippen molar-refractivity contribution in [2.45, 2.75) is 64.1 Å². The van der Waals surface area contributed by atoms with Gasteiger partial charge in [0.05, 0.1) is 18.8 Å². The number of rotatable bonds is 10. The van der Waals surface area contributed by atoms with Gasteiger partial charge >= 0.3 is 0 Å². The molecule has 1 aromatic rings. The van der Waals surface area contributed by atoms with Crippen LogP contribution in [-0.2, 0) is 11.2 Å². The van der Waals surface area contributed by atoms with Crippen LogP contribution in [0.1, 0.15) is 49.7 Å². The van der Waals surface area contributed by atoms with Crippen molar-refractivity contribution in [2.75, 3.05) is 32.8 Å². The van der Waals surface area contributed by atoms with Gasteiger partial charge in [-0.3, -0.25) is 0 Å². The van der Waals surface area contributed by atoms with E-state index in [9.17, 15) is 10.2 Å². The maximum Gasteiger partial charge on any atom is 0.0761 e. The molecule has 4 heteroatoms. The lowest BCUT2D eigenvalue weighted by Crippen LogP contribution is -2.31. The Labute approximate surface area is 194 Å². The van der Waals surface area contributed by atoms with Gasteiger partial charge in [0.15, 0.2) is 0 Å². The predicted octanol–water partition coefficient (Wildman–Crippen LogP) is 4.29. The standard InChI is InChI=1S/C28H41NO3/c1-21-7-5-8-22(15-21)17-25(30)9-10-26-27-18-23(16-24(27)19-28(26)31)20-32-14-6-13-29-11-3-2-4-12-29/h5,7-10,15-16,24-28,30-31H,2-4,6,11-14,17-20H2,1H3/t24-,25+,26+,27-,28+/m0/s1. The van der Waals surface area contributed by atoms with E-state index in [2.05, 4.69) is 42.2 Å². The number of likely N-dealkylation sites (tertiary alicyclic amines) is 1. The van der Waals surface area contributed by atoms with E-state index in [1.807, 2.05) is 12.1 Å². The topological polar surface area (TPSA) is 52.9 Å². The second-order valence-electron chi connectivity index (χ2n) is 10.2. The molecule has 1 aromatic carbocycles. The van der Waals surface area contributed by atoms with Crippen LogP contribution in [0, 0.1) is 24.7 Å². The molecule has 4 rings (SSSR count). The first-order valence-corrected chi connectivity index (χ1v) is 12.7. The molecule has 176 valence electrons. The molecule has 3 aliphatic rings. The first-order valence-electron chi connectivity index (χ1n) is 12.7. The van der Waals surface area contributed by atoms with E-state index in [1.54, 1.807) is 0 Å². The molecule has 2 N–H and O–H groups in total. The number of aryl methyl sites for hydroxylation is 1. The normalized spacial score (nSPS) is 29.4. The van der Waals surface area contributed by atoms with Gasteiger partial charge in [0.25, 0.3) is 0 Å². The minimum Gasteiger partial charge on any atom is -0.392 e. The van der Waals surface area contributed by atoms with Crippen LogP contribution in [0.15, 0.2) is 48.1 Å². The Morgan fingerprint density at radius 2 is 2.06 bits per heavy atom. The molecule has 1 heterocycles. The molecule has 32 heavy (non-hydrogen) atoms. The summed E-state index contributed by atoms with van der Waals surface area (Å²) in [5.74, 6) is 1.01. The lowest BCUT2D eigenvalue weighted by atomic mass is 9.89. The van der Waals surface area contributed by atoms with Gasteiger partial charge in [-0.25, -0.2) is 0 Å². The van der Waals surface area contributed by atoms with Crippen LogP contribution >= 0.6 is 0 Å². The van der Waals surface area contributed by atoms with Crippen LogP contribution in [0.2, 0.25) is 0 Å². The number of aliphatic hydroxyl groups is 2. The van der Waals surface area contributed by atoms with Gasteiger partial charge in [-0.1, -0.05) is 54.5 Å². The fourth-order valence-electron chi connectivity index (χ4n) is 5.89. The van der Waals surface area contributed by atoms with Crippen LogP contribution < -0.4 is 0 Å². The largest absolute Gasteiger partial charge is 0.392 e. The van der Waals surface area contributed by atoms with Crippen molar-refractivity contribution < 1.29 is 14.9 Å². The van der Waals surface area contributed by atoms with Crippen molar-refractivity contribution in [2.24, 2.45) is 17.8 Å². The van der Waals surface area contributed by atoms with E-state index < -0.39 is 6.10 Å². The molecule has 1 aliphatic heterocycles. The molecule has 0 radical (unpaired) electrons. The Bertz CT molecular complexity index is 783. The Morgan fingerprint density at radius 3 is 2.88 bits per heavy atom. The van der Waals surface area contributed by atoms with Gasteiger partial charge in [0.1, 0.15) is 0 Å². The van der Waals surface area contributed by atoms with Crippen molar-refractivity contribution in [3.8, 4) is 0 Å². The van der Waals surface area contributed by atoms with Crippen molar-refractivity contribution in [1.29, 1.82) is 0 Å². The molecule has 0 bridgehead atoms. The smallest absolute Gasteiger partial charge is 0.0761 e. The average Bonchev–Trinajstić information content (AvgIpc) is 3.29. The average molecular weight is 440 g/mol. The highest BCUT2D eigenvalue weighted by Crippen LogP contribution is 2.47. The van der Waals surface area contributed by atoms with Crippen LogP contribution in [0.25, 0.3) is 0 Å². The third-order valence-corrected chi connectivity index (χ3v) is 7.53. The van der Waals surface area contributed by atoms with E-state index in [0.717, 1.165) is 44.6 Å². The van der Waals surface area contributed by atoms with Crippen LogP contribution in [0.4, 0.5) is 0 Å².